The second-order valence-electron chi connectivity index (χ2n) is 2.95. The smallest absolute Gasteiger partial charge is 0.183 e. The SMILES string of the molecule is CC[C@@H]1OC(O)[C@@H](O)[C@H](O)[C@@H]1O. The van der Waals surface area contributed by atoms with E-state index >= 15 is 0 Å². The molecule has 5 atom stereocenters. The third-order valence-corrected chi connectivity index (χ3v) is 2.09. The maximum Gasteiger partial charge on any atom is 0.183 e. The number of hydrogen-bond donors (Lipinski definition) is 4. The highest BCUT2D eigenvalue weighted by atomic mass is 16.6. The van der Waals surface area contributed by atoms with Crippen molar-refractivity contribution in [3.63, 3.8) is 0 Å². The normalized spacial score (nSPS) is 49.2. The van der Waals surface area contributed by atoms with Crippen LogP contribution in [0.1, 0.15) is 13.3 Å². The van der Waals surface area contributed by atoms with Crippen LogP contribution in [-0.4, -0.2) is 51.1 Å². The van der Waals surface area contributed by atoms with Crippen molar-refractivity contribution >= 4 is 0 Å². The van der Waals surface area contributed by atoms with Gasteiger partial charge < -0.3 is 25.2 Å². The van der Waals surface area contributed by atoms with Gasteiger partial charge in [-0.1, -0.05) is 6.92 Å². The summed E-state index contributed by atoms with van der Waals surface area (Å²) in [6, 6.07) is 0. The van der Waals surface area contributed by atoms with E-state index in [1.165, 1.54) is 0 Å². The van der Waals surface area contributed by atoms with Gasteiger partial charge in [0.2, 0.25) is 0 Å². The minimum Gasteiger partial charge on any atom is -0.388 e. The van der Waals surface area contributed by atoms with Crippen molar-refractivity contribution in [2.24, 2.45) is 0 Å². The molecule has 4 N–H and O–H groups in total. The van der Waals surface area contributed by atoms with E-state index in [-0.39, 0.29) is 0 Å². The topological polar surface area (TPSA) is 90.2 Å². The number of rotatable bonds is 1. The summed E-state index contributed by atoms with van der Waals surface area (Å²) in [7, 11) is 0. The zero-order chi connectivity index (χ0) is 9.30. The monoisotopic (exact) mass is 178 g/mol. The molecule has 0 aromatic heterocycles. The van der Waals surface area contributed by atoms with Crippen LogP contribution in [0.25, 0.3) is 0 Å². The van der Waals surface area contributed by atoms with Gasteiger partial charge in [0.25, 0.3) is 0 Å². The van der Waals surface area contributed by atoms with Crippen molar-refractivity contribution in [3.8, 4) is 0 Å². The molecule has 1 fully saturated rings. The molecule has 1 rings (SSSR count). The Morgan fingerprint density at radius 3 is 2.08 bits per heavy atom. The zero-order valence-corrected chi connectivity index (χ0v) is 6.79. The number of aliphatic hydroxyl groups is 4. The molecule has 0 aromatic rings. The van der Waals surface area contributed by atoms with Gasteiger partial charge in [-0.25, -0.2) is 0 Å². The molecule has 1 unspecified atom stereocenters. The lowest BCUT2D eigenvalue weighted by molar-refractivity contribution is -0.281. The van der Waals surface area contributed by atoms with Crippen molar-refractivity contribution in [2.45, 2.75) is 44.1 Å². The quantitative estimate of drug-likeness (QED) is 0.380. The van der Waals surface area contributed by atoms with Crippen LogP contribution in [0.4, 0.5) is 0 Å². The highest BCUT2D eigenvalue weighted by Gasteiger charge is 2.41. The zero-order valence-electron chi connectivity index (χ0n) is 6.79. The fraction of sp³-hybridized carbons (Fsp3) is 1.00. The van der Waals surface area contributed by atoms with Gasteiger partial charge in [-0.2, -0.15) is 0 Å². The van der Waals surface area contributed by atoms with Crippen LogP contribution >= 0.6 is 0 Å². The van der Waals surface area contributed by atoms with Crippen molar-refractivity contribution in [3.05, 3.63) is 0 Å². The predicted molar refractivity (Wildman–Crippen MR) is 39.2 cm³/mol. The summed E-state index contributed by atoms with van der Waals surface area (Å²) >= 11 is 0. The Hall–Kier alpha value is -0.200. The van der Waals surface area contributed by atoms with Gasteiger partial charge in [-0.05, 0) is 6.42 Å². The molecule has 0 bridgehead atoms. The minimum absolute atomic E-state index is 0.474. The Balaban J connectivity index is 2.63. The number of aliphatic hydroxyl groups excluding tert-OH is 4. The summed E-state index contributed by atoms with van der Waals surface area (Å²) in [6.07, 6.45) is -5.44. The fourth-order valence-corrected chi connectivity index (χ4v) is 1.27. The Bertz CT molecular complexity index is 146. The average molecular weight is 178 g/mol. The summed E-state index contributed by atoms with van der Waals surface area (Å²) in [4.78, 5) is 0. The molecular formula is C7H14O5. The van der Waals surface area contributed by atoms with E-state index in [0.29, 0.717) is 6.42 Å². The molecule has 1 heterocycles. The van der Waals surface area contributed by atoms with Crippen LogP contribution in [0.2, 0.25) is 0 Å². The molecule has 1 aliphatic heterocycles. The Labute approximate surface area is 70.2 Å². The van der Waals surface area contributed by atoms with E-state index < -0.39 is 30.7 Å². The molecule has 1 saturated heterocycles. The van der Waals surface area contributed by atoms with E-state index in [1.54, 1.807) is 6.92 Å². The molecule has 0 aromatic carbocycles. The second kappa shape index (κ2) is 3.68. The first-order chi connectivity index (χ1) is 5.57. The molecule has 0 amide bonds. The summed E-state index contributed by atoms with van der Waals surface area (Å²) in [5.74, 6) is 0. The lowest BCUT2D eigenvalue weighted by Gasteiger charge is -2.37. The molecule has 72 valence electrons. The lowest BCUT2D eigenvalue weighted by atomic mass is 9.97. The van der Waals surface area contributed by atoms with E-state index in [9.17, 15) is 10.2 Å². The third kappa shape index (κ3) is 1.60. The largest absolute Gasteiger partial charge is 0.388 e. The maximum absolute atomic E-state index is 9.28. The van der Waals surface area contributed by atoms with E-state index in [2.05, 4.69) is 0 Å². The highest BCUT2D eigenvalue weighted by Crippen LogP contribution is 2.21. The minimum atomic E-state index is -1.43. The van der Waals surface area contributed by atoms with Crippen molar-refractivity contribution < 1.29 is 25.2 Å². The molecule has 0 aliphatic carbocycles. The van der Waals surface area contributed by atoms with Crippen LogP contribution in [0.5, 0.6) is 0 Å². The Morgan fingerprint density at radius 2 is 1.58 bits per heavy atom. The highest BCUT2D eigenvalue weighted by molar-refractivity contribution is 4.87. The van der Waals surface area contributed by atoms with Crippen LogP contribution in [0, 0.1) is 0 Å². The van der Waals surface area contributed by atoms with Crippen molar-refractivity contribution in [1.82, 2.24) is 0 Å². The lowest BCUT2D eigenvalue weighted by Crippen LogP contribution is -2.57. The van der Waals surface area contributed by atoms with Crippen molar-refractivity contribution in [2.75, 3.05) is 0 Å². The molecule has 12 heavy (non-hydrogen) atoms. The summed E-state index contributed by atoms with van der Waals surface area (Å²) < 4.78 is 4.83. The van der Waals surface area contributed by atoms with Crippen LogP contribution < -0.4 is 0 Å². The molecule has 0 saturated carbocycles. The molecule has 0 radical (unpaired) electrons. The fourth-order valence-electron chi connectivity index (χ4n) is 1.27. The van der Waals surface area contributed by atoms with Crippen molar-refractivity contribution in [1.29, 1.82) is 0 Å². The molecule has 5 nitrogen and oxygen atoms in total. The van der Waals surface area contributed by atoms with Crippen LogP contribution in [-0.2, 0) is 4.74 Å². The van der Waals surface area contributed by atoms with Crippen LogP contribution in [0.3, 0.4) is 0 Å². The summed E-state index contributed by atoms with van der Waals surface area (Å²) in [5.41, 5.74) is 0. The van der Waals surface area contributed by atoms with Gasteiger partial charge in [0, 0.05) is 0 Å². The van der Waals surface area contributed by atoms with Gasteiger partial charge in [0.1, 0.15) is 18.3 Å². The van der Waals surface area contributed by atoms with Gasteiger partial charge >= 0.3 is 0 Å². The van der Waals surface area contributed by atoms with E-state index in [0.717, 1.165) is 0 Å². The molecule has 5 heteroatoms. The summed E-state index contributed by atoms with van der Waals surface area (Å²) in [5, 5.41) is 36.5. The van der Waals surface area contributed by atoms with E-state index in [1.807, 2.05) is 0 Å². The number of ether oxygens (including phenoxy) is 1. The average Bonchev–Trinajstić information content (AvgIpc) is 2.08. The second-order valence-corrected chi connectivity index (χ2v) is 2.95. The van der Waals surface area contributed by atoms with Gasteiger partial charge in [-0.15, -0.1) is 0 Å². The van der Waals surface area contributed by atoms with Gasteiger partial charge in [-0.3, -0.25) is 0 Å². The first kappa shape index (κ1) is 9.88. The number of hydrogen-bond acceptors (Lipinski definition) is 5. The molecule has 1 aliphatic rings. The van der Waals surface area contributed by atoms with E-state index in [4.69, 9.17) is 14.9 Å². The van der Waals surface area contributed by atoms with Crippen LogP contribution in [0.15, 0.2) is 0 Å². The first-order valence-electron chi connectivity index (χ1n) is 3.95. The van der Waals surface area contributed by atoms with Gasteiger partial charge in [0.05, 0.1) is 6.10 Å². The maximum atomic E-state index is 9.28. The Kier molecular flexibility index (Phi) is 3.03. The third-order valence-electron chi connectivity index (χ3n) is 2.09. The molecular weight excluding hydrogens is 164 g/mol. The standard InChI is InChI=1S/C7H14O5/c1-2-3-4(8)5(9)6(10)7(11)12-3/h3-11H,2H2,1H3/t3-,4+,5+,6-,7?/m0/s1. The van der Waals surface area contributed by atoms with Gasteiger partial charge in [0.15, 0.2) is 6.29 Å². The summed E-state index contributed by atoms with van der Waals surface area (Å²) in [6.45, 7) is 1.75. The first-order valence-corrected chi connectivity index (χ1v) is 3.95. The molecule has 0 spiro atoms. The predicted octanol–water partition coefficient (Wildman–Crippen LogP) is -1.80. The Morgan fingerprint density at radius 1 is 1.00 bits per heavy atom.